The van der Waals surface area contributed by atoms with Gasteiger partial charge in [-0.25, -0.2) is 14.1 Å². The summed E-state index contributed by atoms with van der Waals surface area (Å²) < 4.78 is 26.5. The summed E-state index contributed by atoms with van der Waals surface area (Å²) in [5.41, 5.74) is 1.25. The highest BCUT2D eigenvalue weighted by molar-refractivity contribution is 5.76. The third-order valence-corrected chi connectivity index (χ3v) is 4.96. The fourth-order valence-corrected chi connectivity index (χ4v) is 3.32. The van der Waals surface area contributed by atoms with Crippen LogP contribution in [-0.2, 0) is 24.4 Å². The summed E-state index contributed by atoms with van der Waals surface area (Å²) in [6, 6.07) is 11.4. The first-order valence-electron chi connectivity index (χ1n) is 9.99. The van der Waals surface area contributed by atoms with Crippen molar-refractivity contribution in [3.8, 4) is 11.5 Å². The number of halogens is 1. The minimum Gasteiger partial charge on any atom is -0.493 e. The van der Waals surface area contributed by atoms with E-state index in [0.29, 0.717) is 17.1 Å². The van der Waals surface area contributed by atoms with Crippen molar-refractivity contribution >= 4 is 17.1 Å². The number of benzene rings is 2. The van der Waals surface area contributed by atoms with Crippen LogP contribution in [0.25, 0.3) is 11.2 Å². The molecular weight excluding hydrogens is 431 g/mol. The van der Waals surface area contributed by atoms with E-state index in [1.54, 1.807) is 37.4 Å². The third-order valence-electron chi connectivity index (χ3n) is 4.96. The van der Waals surface area contributed by atoms with Gasteiger partial charge in [0, 0.05) is 6.54 Å². The number of hydrogen-bond acceptors (Lipinski definition) is 7. The predicted octanol–water partition coefficient (Wildman–Crippen LogP) is 1.51. The lowest BCUT2D eigenvalue weighted by molar-refractivity contribution is -0.121. The van der Waals surface area contributed by atoms with E-state index >= 15 is 0 Å². The normalized spacial score (nSPS) is 10.9. The molecule has 4 aromatic rings. The molecule has 0 spiro atoms. The Labute approximate surface area is 187 Å². The quantitative estimate of drug-likeness (QED) is 0.431. The molecule has 10 nitrogen and oxygen atoms in total. The first-order chi connectivity index (χ1) is 16.0. The van der Waals surface area contributed by atoms with Crippen LogP contribution in [0.3, 0.4) is 0 Å². The molecule has 2 aromatic heterocycles. The largest absolute Gasteiger partial charge is 0.493 e. The molecule has 0 atom stereocenters. The van der Waals surface area contributed by atoms with Crippen LogP contribution < -0.4 is 20.3 Å². The number of aromatic nitrogens is 5. The van der Waals surface area contributed by atoms with Crippen LogP contribution >= 0.6 is 0 Å². The highest BCUT2D eigenvalue weighted by atomic mass is 19.1. The molecule has 0 aliphatic rings. The van der Waals surface area contributed by atoms with Gasteiger partial charge in [-0.2, -0.15) is 0 Å². The standard InChI is InChI=1S/C22H21FN6O4/c1-32-17-7-6-14(9-18(17)33-2)10-24-19(30)12-28-13-25-21-20(22(28)31)26-27-29(21)11-15-4-3-5-16(23)8-15/h3-9,13H,10-12H2,1-2H3,(H,24,30). The number of fused-ring (bicyclic) bond motifs is 1. The summed E-state index contributed by atoms with van der Waals surface area (Å²) in [4.78, 5) is 29.4. The number of methoxy groups -OCH3 is 2. The van der Waals surface area contributed by atoms with Crippen LogP contribution in [0.2, 0.25) is 0 Å². The van der Waals surface area contributed by atoms with Crippen LogP contribution in [0.1, 0.15) is 11.1 Å². The molecule has 2 heterocycles. The van der Waals surface area contributed by atoms with Crippen molar-refractivity contribution in [2.24, 2.45) is 0 Å². The zero-order valence-corrected chi connectivity index (χ0v) is 18.0. The van der Waals surface area contributed by atoms with E-state index in [4.69, 9.17) is 9.47 Å². The Morgan fingerprint density at radius 3 is 2.67 bits per heavy atom. The van der Waals surface area contributed by atoms with Crippen molar-refractivity contribution in [2.75, 3.05) is 14.2 Å². The molecule has 0 aliphatic heterocycles. The van der Waals surface area contributed by atoms with Crippen LogP contribution in [-0.4, -0.2) is 44.7 Å². The molecule has 11 heteroatoms. The summed E-state index contributed by atoms with van der Waals surface area (Å²) >= 11 is 0. The Hall–Kier alpha value is -4.28. The van der Waals surface area contributed by atoms with Crippen LogP contribution in [0.15, 0.2) is 53.6 Å². The Bertz CT molecular complexity index is 1370. The summed E-state index contributed by atoms with van der Waals surface area (Å²) in [5.74, 6) is 0.395. The summed E-state index contributed by atoms with van der Waals surface area (Å²) in [6.45, 7) is 0.218. The van der Waals surface area contributed by atoms with E-state index in [9.17, 15) is 14.0 Å². The van der Waals surface area contributed by atoms with Crippen molar-refractivity contribution in [2.45, 2.75) is 19.6 Å². The topological polar surface area (TPSA) is 113 Å². The van der Waals surface area contributed by atoms with Gasteiger partial charge in [0.25, 0.3) is 5.56 Å². The number of nitrogens with zero attached hydrogens (tertiary/aromatic N) is 5. The second-order valence-corrected chi connectivity index (χ2v) is 7.19. The van der Waals surface area contributed by atoms with Crippen molar-refractivity contribution in [3.63, 3.8) is 0 Å². The highest BCUT2D eigenvalue weighted by Crippen LogP contribution is 2.27. The van der Waals surface area contributed by atoms with Gasteiger partial charge in [0.2, 0.25) is 5.91 Å². The molecule has 1 amide bonds. The molecule has 33 heavy (non-hydrogen) atoms. The first-order valence-corrected chi connectivity index (χ1v) is 9.99. The Morgan fingerprint density at radius 1 is 1.09 bits per heavy atom. The minimum atomic E-state index is -0.494. The summed E-state index contributed by atoms with van der Waals surface area (Å²) in [7, 11) is 3.08. The monoisotopic (exact) mass is 452 g/mol. The summed E-state index contributed by atoms with van der Waals surface area (Å²) in [5, 5.41) is 10.6. The molecule has 0 aliphatic carbocycles. The number of carbonyl (C=O) groups excluding carboxylic acids is 1. The van der Waals surface area contributed by atoms with Crippen LogP contribution in [0.5, 0.6) is 11.5 Å². The minimum absolute atomic E-state index is 0.0293. The SMILES string of the molecule is COc1ccc(CNC(=O)Cn2cnc3c(nnn3Cc3cccc(F)c3)c2=O)cc1OC. The van der Waals surface area contributed by atoms with Gasteiger partial charge in [-0.3, -0.25) is 14.2 Å². The average molecular weight is 452 g/mol. The smallest absolute Gasteiger partial charge is 0.283 e. The van der Waals surface area contributed by atoms with E-state index in [0.717, 1.165) is 10.1 Å². The number of amides is 1. The molecule has 0 unspecified atom stereocenters. The predicted molar refractivity (Wildman–Crippen MR) is 116 cm³/mol. The van der Waals surface area contributed by atoms with Crippen molar-refractivity contribution in [1.29, 1.82) is 0 Å². The van der Waals surface area contributed by atoms with Crippen LogP contribution in [0.4, 0.5) is 4.39 Å². The molecule has 0 saturated carbocycles. The molecule has 4 rings (SSSR count). The maximum absolute atomic E-state index is 13.4. The number of ether oxygens (including phenoxy) is 2. The van der Waals surface area contributed by atoms with E-state index in [2.05, 4.69) is 20.6 Å². The summed E-state index contributed by atoms with van der Waals surface area (Å²) in [6.07, 6.45) is 1.27. The van der Waals surface area contributed by atoms with Gasteiger partial charge < -0.3 is 14.8 Å². The van der Waals surface area contributed by atoms with E-state index in [1.165, 1.54) is 30.3 Å². The fourth-order valence-electron chi connectivity index (χ4n) is 3.32. The first kappa shape index (κ1) is 21.9. The number of nitrogens with one attached hydrogen (secondary N) is 1. The van der Waals surface area contributed by atoms with Gasteiger partial charge >= 0.3 is 0 Å². The molecule has 0 saturated heterocycles. The fraction of sp³-hybridized carbons (Fsp3) is 0.227. The zero-order chi connectivity index (χ0) is 23.4. The van der Waals surface area contributed by atoms with Crippen molar-refractivity contribution in [3.05, 3.63) is 76.1 Å². The molecule has 170 valence electrons. The van der Waals surface area contributed by atoms with E-state index in [-0.39, 0.29) is 42.5 Å². The van der Waals surface area contributed by atoms with Gasteiger partial charge in [-0.05, 0) is 35.4 Å². The van der Waals surface area contributed by atoms with Gasteiger partial charge in [-0.15, -0.1) is 5.10 Å². The molecule has 0 bridgehead atoms. The molecule has 2 aromatic carbocycles. The highest BCUT2D eigenvalue weighted by Gasteiger charge is 2.14. The van der Waals surface area contributed by atoms with Gasteiger partial charge in [0.1, 0.15) is 18.7 Å². The Kier molecular flexibility index (Phi) is 6.29. The third kappa shape index (κ3) is 4.81. The van der Waals surface area contributed by atoms with Gasteiger partial charge in [-0.1, -0.05) is 23.4 Å². The van der Waals surface area contributed by atoms with Gasteiger partial charge in [0.05, 0.1) is 20.8 Å². The second-order valence-electron chi connectivity index (χ2n) is 7.19. The molecular formula is C22H21FN6O4. The lowest BCUT2D eigenvalue weighted by atomic mass is 10.2. The zero-order valence-electron chi connectivity index (χ0n) is 18.0. The lowest BCUT2D eigenvalue weighted by Crippen LogP contribution is -2.32. The van der Waals surface area contributed by atoms with Gasteiger partial charge in [0.15, 0.2) is 22.7 Å². The van der Waals surface area contributed by atoms with E-state index < -0.39 is 5.56 Å². The van der Waals surface area contributed by atoms with Crippen LogP contribution in [0, 0.1) is 5.82 Å². The number of rotatable bonds is 8. The molecule has 1 N–H and O–H groups in total. The van der Waals surface area contributed by atoms with Crippen molar-refractivity contribution < 1.29 is 18.7 Å². The maximum atomic E-state index is 13.4. The number of hydrogen-bond donors (Lipinski definition) is 1. The molecule has 0 radical (unpaired) electrons. The Balaban J connectivity index is 1.45. The number of carbonyl (C=O) groups is 1. The lowest BCUT2D eigenvalue weighted by Gasteiger charge is -2.11. The Morgan fingerprint density at radius 2 is 1.91 bits per heavy atom. The maximum Gasteiger partial charge on any atom is 0.283 e. The molecule has 0 fully saturated rings. The van der Waals surface area contributed by atoms with Crippen molar-refractivity contribution in [1.82, 2.24) is 29.9 Å². The average Bonchev–Trinajstić information content (AvgIpc) is 3.22. The second kappa shape index (κ2) is 9.47. The van der Waals surface area contributed by atoms with E-state index in [1.807, 2.05) is 0 Å².